The molecular formula is C20H26N2O3. The summed E-state index contributed by atoms with van der Waals surface area (Å²) in [6.45, 7) is 5.54. The van der Waals surface area contributed by atoms with Gasteiger partial charge >= 0.3 is 5.97 Å². The molecule has 3 atom stereocenters. The number of fused-ring (bicyclic) bond motifs is 1. The molecule has 0 aromatic heterocycles. The average Bonchev–Trinajstić information content (AvgIpc) is 2.60. The summed E-state index contributed by atoms with van der Waals surface area (Å²) >= 11 is 0. The predicted octanol–water partition coefficient (Wildman–Crippen LogP) is 3.25. The van der Waals surface area contributed by atoms with Gasteiger partial charge in [-0.15, -0.1) is 0 Å². The van der Waals surface area contributed by atoms with Crippen LogP contribution in [0.3, 0.4) is 0 Å². The van der Waals surface area contributed by atoms with Crippen LogP contribution < -0.4 is 10.6 Å². The number of rotatable bonds is 8. The lowest BCUT2D eigenvalue weighted by Crippen LogP contribution is -2.49. The van der Waals surface area contributed by atoms with Gasteiger partial charge in [0.05, 0.1) is 12.1 Å². The third-order valence-electron chi connectivity index (χ3n) is 4.35. The fraction of sp³-hybridized carbons (Fsp3) is 0.400. The molecule has 3 N–H and O–H groups in total. The van der Waals surface area contributed by atoms with Gasteiger partial charge in [0, 0.05) is 0 Å². The lowest BCUT2D eigenvalue weighted by atomic mass is 10.0. The van der Waals surface area contributed by atoms with Gasteiger partial charge in [-0.2, -0.15) is 0 Å². The first kappa shape index (κ1) is 18.9. The number of benzene rings is 2. The quantitative estimate of drug-likeness (QED) is 0.688. The van der Waals surface area contributed by atoms with Gasteiger partial charge in [-0.3, -0.25) is 14.9 Å². The second kappa shape index (κ2) is 8.62. The Morgan fingerprint density at radius 2 is 1.76 bits per heavy atom. The summed E-state index contributed by atoms with van der Waals surface area (Å²) in [5, 5.41) is 17.3. The SMILES string of the molecule is CCCC(NC(C)C(=O)NC(C)c1ccc2ccccc2c1)C(=O)O. The Morgan fingerprint density at radius 3 is 2.40 bits per heavy atom. The Balaban J connectivity index is 2.01. The number of carbonyl (C=O) groups excluding carboxylic acids is 1. The smallest absolute Gasteiger partial charge is 0.320 e. The highest BCUT2D eigenvalue weighted by Gasteiger charge is 2.23. The number of carbonyl (C=O) groups is 2. The van der Waals surface area contributed by atoms with Crippen molar-refractivity contribution in [3.63, 3.8) is 0 Å². The number of carboxylic acid groups (broad SMARTS) is 1. The van der Waals surface area contributed by atoms with Crippen molar-refractivity contribution in [3.05, 3.63) is 48.0 Å². The van der Waals surface area contributed by atoms with E-state index in [9.17, 15) is 14.7 Å². The minimum atomic E-state index is -0.927. The monoisotopic (exact) mass is 342 g/mol. The van der Waals surface area contributed by atoms with Crippen molar-refractivity contribution in [2.45, 2.75) is 51.7 Å². The molecule has 0 spiro atoms. The van der Waals surface area contributed by atoms with Crippen LogP contribution in [0.15, 0.2) is 42.5 Å². The van der Waals surface area contributed by atoms with Crippen LogP contribution in [0.2, 0.25) is 0 Å². The van der Waals surface area contributed by atoms with Crippen LogP contribution in [-0.2, 0) is 9.59 Å². The second-order valence-corrected chi connectivity index (χ2v) is 6.40. The fourth-order valence-electron chi connectivity index (χ4n) is 2.84. The van der Waals surface area contributed by atoms with E-state index in [1.165, 1.54) is 0 Å². The zero-order chi connectivity index (χ0) is 18.4. The van der Waals surface area contributed by atoms with Crippen LogP contribution in [0.4, 0.5) is 0 Å². The maximum atomic E-state index is 12.4. The Bertz CT molecular complexity index is 745. The average molecular weight is 342 g/mol. The summed E-state index contributed by atoms with van der Waals surface area (Å²) in [7, 11) is 0. The molecule has 2 aromatic rings. The van der Waals surface area contributed by atoms with Crippen molar-refractivity contribution < 1.29 is 14.7 Å². The lowest BCUT2D eigenvalue weighted by Gasteiger charge is -2.22. The van der Waals surface area contributed by atoms with Crippen LogP contribution in [0.5, 0.6) is 0 Å². The van der Waals surface area contributed by atoms with Crippen molar-refractivity contribution in [1.29, 1.82) is 0 Å². The molecule has 2 aromatic carbocycles. The maximum Gasteiger partial charge on any atom is 0.320 e. The topological polar surface area (TPSA) is 78.4 Å². The molecule has 0 radical (unpaired) electrons. The van der Waals surface area contributed by atoms with Gasteiger partial charge in [-0.1, -0.05) is 49.7 Å². The minimum absolute atomic E-state index is 0.157. The van der Waals surface area contributed by atoms with Crippen LogP contribution in [0.1, 0.15) is 45.2 Å². The first-order valence-corrected chi connectivity index (χ1v) is 8.70. The Morgan fingerprint density at radius 1 is 1.08 bits per heavy atom. The largest absolute Gasteiger partial charge is 0.480 e. The second-order valence-electron chi connectivity index (χ2n) is 6.40. The van der Waals surface area contributed by atoms with Gasteiger partial charge in [-0.25, -0.2) is 0 Å². The first-order chi connectivity index (χ1) is 11.9. The lowest BCUT2D eigenvalue weighted by molar-refractivity contribution is -0.140. The maximum absolute atomic E-state index is 12.4. The van der Waals surface area contributed by atoms with E-state index in [1.54, 1.807) is 6.92 Å². The predicted molar refractivity (Wildman–Crippen MR) is 99.4 cm³/mol. The standard InChI is InChI=1S/C20H26N2O3/c1-4-7-18(20(24)25)21-14(3)19(23)22-13(2)16-11-10-15-8-5-6-9-17(15)12-16/h5-6,8-14,18,21H,4,7H2,1-3H3,(H,22,23)(H,24,25). The van der Waals surface area contributed by atoms with Crippen LogP contribution in [0.25, 0.3) is 10.8 Å². The van der Waals surface area contributed by atoms with Crippen LogP contribution >= 0.6 is 0 Å². The van der Waals surface area contributed by atoms with E-state index in [-0.39, 0.29) is 11.9 Å². The third kappa shape index (κ3) is 5.03. The van der Waals surface area contributed by atoms with E-state index in [1.807, 2.05) is 50.2 Å². The normalized spacial score (nSPS) is 14.7. The first-order valence-electron chi connectivity index (χ1n) is 8.70. The van der Waals surface area contributed by atoms with Gasteiger partial charge in [0.1, 0.15) is 6.04 Å². The third-order valence-corrected chi connectivity index (χ3v) is 4.35. The van der Waals surface area contributed by atoms with Crippen molar-refractivity contribution in [3.8, 4) is 0 Å². The van der Waals surface area contributed by atoms with E-state index in [0.717, 1.165) is 22.8 Å². The molecule has 0 aliphatic rings. The Hall–Kier alpha value is -2.40. The van der Waals surface area contributed by atoms with E-state index in [0.29, 0.717) is 6.42 Å². The fourth-order valence-corrected chi connectivity index (χ4v) is 2.84. The van der Waals surface area contributed by atoms with Crippen LogP contribution in [0, 0.1) is 0 Å². The molecule has 0 aliphatic heterocycles. The molecular weight excluding hydrogens is 316 g/mol. The summed E-state index contributed by atoms with van der Waals surface area (Å²) in [5.74, 6) is -1.13. The Labute approximate surface area is 148 Å². The van der Waals surface area contributed by atoms with Gasteiger partial charge in [0.25, 0.3) is 0 Å². The van der Waals surface area contributed by atoms with Crippen LogP contribution in [-0.4, -0.2) is 29.1 Å². The molecule has 1 amide bonds. The molecule has 0 bridgehead atoms. The summed E-state index contributed by atoms with van der Waals surface area (Å²) in [5.41, 5.74) is 1.02. The summed E-state index contributed by atoms with van der Waals surface area (Å²) in [6.07, 6.45) is 1.24. The Kier molecular flexibility index (Phi) is 6.53. The molecule has 0 aliphatic carbocycles. The molecule has 134 valence electrons. The van der Waals surface area contributed by atoms with E-state index >= 15 is 0 Å². The zero-order valence-corrected chi connectivity index (χ0v) is 15.0. The summed E-state index contributed by atoms with van der Waals surface area (Å²) < 4.78 is 0. The van der Waals surface area contributed by atoms with E-state index in [4.69, 9.17) is 0 Å². The summed E-state index contributed by atoms with van der Waals surface area (Å²) in [4.78, 5) is 23.6. The van der Waals surface area contributed by atoms with E-state index < -0.39 is 18.1 Å². The highest BCUT2D eigenvalue weighted by Crippen LogP contribution is 2.20. The van der Waals surface area contributed by atoms with Gasteiger partial charge in [0.2, 0.25) is 5.91 Å². The molecule has 25 heavy (non-hydrogen) atoms. The van der Waals surface area contributed by atoms with Crippen molar-refractivity contribution in [1.82, 2.24) is 10.6 Å². The van der Waals surface area contributed by atoms with Gasteiger partial charge in [-0.05, 0) is 42.7 Å². The van der Waals surface area contributed by atoms with Crippen molar-refractivity contribution in [2.75, 3.05) is 0 Å². The molecule has 3 unspecified atom stereocenters. The van der Waals surface area contributed by atoms with Crippen molar-refractivity contribution >= 4 is 22.6 Å². The molecule has 0 saturated heterocycles. The summed E-state index contributed by atoms with van der Waals surface area (Å²) in [6, 6.07) is 12.7. The van der Waals surface area contributed by atoms with Crippen molar-refractivity contribution in [2.24, 2.45) is 0 Å². The molecule has 5 heteroatoms. The molecule has 0 saturated carbocycles. The number of amides is 1. The highest BCUT2D eigenvalue weighted by molar-refractivity contribution is 5.85. The number of hydrogen-bond acceptors (Lipinski definition) is 3. The van der Waals surface area contributed by atoms with E-state index in [2.05, 4.69) is 16.7 Å². The zero-order valence-electron chi connectivity index (χ0n) is 15.0. The number of nitrogens with one attached hydrogen (secondary N) is 2. The minimum Gasteiger partial charge on any atom is -0.480 e. The highest BCUT2D eigenvalue weighted by atomic mass is 16.4. The van der Waals surface area contributed by atoms with Gasteiger partial charge in [0.15, 0.2) is 0 Å². The molecule has 0 fully saturated rings. The van der Waals surface area contributed by atoms with Gasteiger partial charge < -0.3 is 10.4 Å². The number of aliphatic carboxylic acids is 1. The molecule has 5 nitrogen and oxygen atoms in total. The number of carboxylic acids is 1. The molecule has 2 rings (SSSR count). The number of hydrogen-bond donors (Lipinski definition) is 3. The molecule has 0 heterocycles.